The van der Waals surface area contributed by atoms with Gasteiger partial charge in [-0.2, -0.15) is 0 Å². The van der Waals surface area contributed by atoms with Crippen molar-refractivity contribution in [2.75, 3.05) is 0 Å². The molecule has 1 rings (SSSR count). The fourth-order valence-electron chi connectivity index (χ4n) is 1.49. The smallest absolute Gasteiger partial charge is 0.0759 e. The van der Waals surface area contributed by atoms with E-state index in [9.17, 15) is 0 Å². The lowest BCUT2D eigenvalue weighted by atomic mass is 9.72. The van der Waals surface area contributed by atoms with Gasteiger partial charge in [-0.3, -0.25) is 0 Å². The van der Waals surface area contributed by atoms with Gasteiger partial charge in [-0.15, -0.1) is 0 Å². The van der Waals surface area contributed by atoms with Crippen molar-refractivity contribution in [2.24, 2.45) is 5.92 Å². The molecular formula is C10H15B. The number of rotatable bonds is 2. The summed E-state index contributed by atoms with van der Waals surface area (Å²) in [6.45, 7) is 4.38. The molecule has 1 heteroatoms. The fourth-order valence-corrected chi connectivity index (χ4v) is 1.49. The summed E-state index contributed by atoms with van der Waals surface area (Å²) in [5.74, 6) is 0.921. The quantitative estimate of drug-likeness (QED) is 0.525. The van der Waals surface area contributed by atoms with Crippen LogP contribution in [0.5, 0.6) is 0 Å². The first-order chi connectivity index (χ1) is 5.25. The fraction of sp³-hybridized carbons (Fsp3) is 0.600. The molecule has 0 heterocycles. The molecule has 0 bridgehead atoms. The summed E-state index contributed by atoms with van der Waals surface area (Å²) in [6.07, 6.45) is 8.69. The molecule has 0 amide bonds. The molecule has 0 aromatic carbocycles. The maximum atomic E-state index is 5.94. The van der Waals surface area contributed by atoms with Crippen LogP contribution in [-0.4, -0.2) is 7.85 Å². The molecule has 0 aromatic rings. The van der Waals surface area contributed by atoms with Crippen molar-refractivity contribution in [3.8, 4) is 0 Å². The largest absolute Gasteiger partial charge is 0.0840 e. The van der Waals surface area contributed by atoms with Gasteiger partial charge in [0.05, 0.1) is 7.85 Å². The van der Waals surface area contributed by atoms with Gasteiger partial charge < -0.3 is 0 Å². The van der Waals surface area contributed by atoms with Crippen molar-refractivity contribution in [2.45, 2.75) is 32.5 Å². The number of hydrogen-bond acceptors (Lipinski definition) is 0. The first-order valence-electron chi connectivity index (χ1n) is 4.38. The van der Waals surface area contributed by atoms with E-state index >= 15 is 0 Å². The van der Waals surface area contributed by atoms with E-state index < -0.39 is 0 Å². The molecule has 1 aliphatic rings. The molecule has 0 nitrogen and oxygen atoms in total. The van der Waals surface area contributed by atoms with Gasteiger partial charge in [0.25, 0.3) is 0 Å². The highest BCUT2D eigenvalue weighted by Gasteiger charge is 2.13. The van der Waals surface area contributed by atoms with Crippen LogP contribution in [0.25, 0.3) is 0 Å². The zero-order valence-corrected chi connectivity index (χ0v) is 7.38. The Hall–Kier alpha value is -0.455. The van der Waals surface area contributed by atoms with E-state index in [1.165, 1.54) is 5.57 Å². The van der Waals surface area contributed by atoms with Crippen LogP contribution < -0.4 is 0 Å². The van der Waals surface area contributed by atoms with Gasteiger partial charge in [0.1, 0.15) is 0 Å². The Morgan fingerprint density at radius 1 is 1.73 bits per heavy atom. The average Bonchev–Trinajstić information content (AvgIpc) is 2.04. The van der Waals surface area contributed by atoms with Crippen LogP contribution in [0, 0.1) is 5.92 Å². The van der Waals surface area contributed by atoms with Gasteiger partial charge in [-0.25, -0.2) is 0 Å². The minimum Gasteiger partial charge on any atom is -0.0840 e. The van der Waals surface area contributed by atoms with Crippen LogP contribution in [0.2, 0.25) is 5.82 Å². The Balaban J connectivity index is 2.67. The van der Waals surface area contributed by atoms with Gasteiger partial charge in [0.2, 0.25) is 0 Å². The van der Waals surface area contributed by atoms with Crippen LogP contribution in [-0.2, 0) is 0 Å². The van der Waals surface area contributed by atoms with E-state index in [1.54, 1.807) is 0 Å². The lowest BCUT2D eigenvalue weighted by Gasteiger charge is -2.22. The van der Waals surface area contributed by atoms with Crippen LogP contribution in [0.15, 0.2) is 23.8 Å². The molecule has 2 atom stereocenters. The Bertz CT molecular complexity index is 179. The predicted molar refractivity (Wildman–Crippen MR) is 50.8 cm³/mol. The van der Waals surface area contributed by atoms with E-state index in [0.29, 0.717) is 5.92 Å². The second kappa shape index (κ2) is 3.80. The minimum atomic E-state index is 0.273. The second-order valence-electron chi connectivity index (χ2n) is 3.25. The third kappa shape index (κ3) is 1.98. The normalized spacial score (nSPS) is 26.4. The third-order valence-corrected chi connectivity index (χ3v) is 2.35. The molecule has 0 N–H and O–H groups in total. The van der Waals surface area contributed by atoms with Crippen molar-refractivity contribution < 1.29 is 0 Å². The van der Waals surface area contributed by atoms with Crippen LogP contribution in [0.4, 0.5) is 0 Å². The summed E-state index contributed by atoms with van der Waals surface area (Å²) < 4.78 is 0. The topological polar surface area (TPSA) is 0 Å². The van der Waals surface area contributed by atoms with E-state index in [0.717, 1.165) is 12.8 Å². The lowest BCUT2D eigenvalue weighted by molar-refractivity contribution is 0.641. The Labute approximate surface area is 70.8 Å². The summed E-state index contributed by atoms with van der Waals surface area (Å²) >= 11 is 0. The summed E-state index contributed by atoms with van der Waals surface area (Å²) in [7, 11) is 5.94. The molecule has 0 aromatic heterocycles. The monoisotopic (exact) mass is 146 g/mol. The Morgan fingerprint density at radius 3 is 3.00 bits per heavy atom. The van der Waals surface area contributed by atoms with Crippen LogP contribution >= 0.6 is 0 Å². The van der Waals surface area contributed by atoms with Gasteiger partial charge >= 0.3 is 0 Å². The van der Waals surface area contributed by atoms with Gasteiger partial charge in [-0.05, 0) is 12.3 Å². The maximum Gasteiger partial charge on any atom is 0.0759 e. The molecule has 0 spiro atoms. The first kappa shape index (κ1) is 8.64. The van der Waals surface area contributed by atoms with Crippen molar-refractivity contribution >= 4 is 7.85 Å². The van der Waals surface area contributed by atoms with Crippen LogP contribution in [0.3, 0.4) is 0 Å². The summed E-state index contributed by atoms with van der Waals surface area (Å²) in [4.78, 5) is 0. The summed E-state index contributed by atoms with van der Waals surface area (Å²) in [5.41, 5.74) is 1.41. The van der Waals surface area contributed by atoms with Crippen molar-refractivity contribution in [1.29, 1.82) is 0 Å². The van der Waals surface area contributed by atoms with E-state index in [1.807, 2.05) is 0 Å². The summed E-state index contributed by atoms with van der Waals surface area (Å²) in [6, 6.07) is 0. The number of hydrogen-bond donors (Lipinski definition) is 0. The highest BCUT2D eigenvalue weighted by Crippen LogP contribution is 2.30. The van der Waals surface area contributed by atoms with Gasteiger partial charge in [0.15, 0.2) is 0 Å². The van der Waals surface area contributed by atoms with Crippen LogP contribution in [0.1, 0.15) is 26.7 Å². The van der Waals surface area contributed by atoms with E-state index in [-0.39, 0.29) is 5.82 Å². The zero-order valence-electron chi connectivity index (χ0n) is 7.38. The second-order valence-corrected chi connectivity index (χ2v) is 3.25. The predicted octanol–water partition coefficient (Wildman–Crippen LogP) is 2.88. The van der Waals surface area contributed by atoms with Gasteiger partial charge in [0, 0.05) is 0 Å². The van der Waals surface area contributed by atoms with E-state index in [4.69, 9.17) is 7.85 Å². The molecule has 1 aliphatic carbocycles. The molecule has 0 saturated heterocycles. The zero-order chi connectivity index (χ0) is 8.27. The molecule has 0 aliphatic heterocycles. The summed E-state index contributed by atoms with van der Waals surface area (Å²) in [5, 5.41) is 0. The SMILES string of the molecule is [B]C(CC)C1=CC=CCC1C. The molecule has 11 heavy (non-hydrogen) atoms. The molecule has 2 unspecified atom stereocenters. The van der Waals surface area contributed by atoms with Gasteiger partial charge in [-0.1, -0.05) is 49.9 Å². The highest BCUT2D eigenvalue weighted by molar-refractivity contribution is 6.13. The Kier molecular flexibility index (Phi) is 2.98. The molecule has 58 valence electrons. The molecule has 2 radical (unpaired) electrons. The van der Waals surface area contributed by atoms with Crippen molar-refractivity contribution in [1.82, 2.24) is 0 Å². The van der Waals surface area contributed by atoms with Crippen molar-refractivity contribution in [3.63, 3.8) is 0 Å². The standard InChI is InChI=1S/C10H15B/c1-3-10(11)9-7-5-4-6-8(9)2/h4-5,7-8,10H,3,6H2,1-2H3. The maximum absolute atomic E-state index is 5.94. The first-order valence-corrected chi connectivity index (χ1v) is 4.38. The number of allylic oxidation sites excluding steroid dienone is 4. The molecule has 0 fully saturated rings. The molecule has 0 saturated carbocycles. The average molecular weight is 146 g/mol. The minimum absolute atomic E-state index is 0.273. The third-order valence-electron chi connectivity index (χ3n) is 2.35. The van der Waals surface area contributed by atoms with Crippen molar-refractivity contribution in [3.05, 3.63) is 23.8 Å². The lowest BCUT2D eigenvalue weighted by Crippen LogP contribution is -2.07. The Morgan fingerprint density at radius 2 is 2.45 bits per heavy atom. The molecular weight excluding hydrogens is 131 g/mol. The van der Waals surface area contributed by atoms with E-state index in [2.05, 4.69) is 32.1 Å². The highest BCUT2D eigenvalue weighted by atomic mass is 14.2.